The van der Waals surface area contributed by atoms with Gasteiger partial charge in [0.1, 0.15) is 6.54 Å². The molecule has 4 amide bonds. The molecule has 0 saturated carbocycles. The Morgan fingerprint density at radius 2 is 1.88 bits per heavy atom. The molecule has 2 aliphatic rings. The summed E-state index contributed by atoms with van der Waals surface area (Å²) < 4.78 is 0. The molecule has 0 aromatic carbocycles. The standard InChI is InChI=1S/C10H16N4O3/c1-12-2-4-13(5-3-12)9(16)7-14-8(15)6-11-10(14)17/h2-7H2,1H3,(H,11,17). The maximum Gasteiger partial charge on any atom is 0.325 e. The predicted molar refractivity (Wildman–Crippen MR) is 59.2 cm³/mol. The van der Waals surface area contributed by atoms with Gasteiger partial charge in [-0.25, -0.2) is 4.79 Å². The van der Waals surface area contributed by atoms with Gasteiger partial charge in [0.25, 0.3) is 5.91 Å². The zero-order valence-corrected chi connectivity index (χ0v) is 9.81. The number of rotatable bonds is 2. The van der Waals surface area contributed by atoms with Crippen molar-refractivity contribution in [1.82, 2.24) is 20.0 Å². The number of carbonyl (C=O) groups is 3. The molecule has 0 atom stereocenters. The largest absolute Gasteiger partial charge is 0.339 e. The lowest BCUT2D eigenvalue weighted by molar-refractivity contribution is -0.137. The fraction of sp³-hybridized carbons (Fsp3) is 0.700. The summed E-state index contributed by atoms with van der Waals surface area (Å²) in [6.45, 7) is 2.80. The van der Waals surface area contributed by atoms with Gasteiger partial charge in [0.05, 0.1) is 6.54 Å². The van der Waals surface area contributed by atoms with Gasteiger partial charge in [0.15, 0.2) is 0 Å². The minimum absolute atomic E-state index is 0.00511. The van der Waals surface area contributed by atoms with Crippen molar-refractivity contribution in [1.29, 1.82) is 0 Å². The van der Waals surface area contributed by atoms with Crippen molar-refractivity contribution in [3.05, 3.63) is 0 Å². The number of hydrogen-bond donors (Lipinski definition) is 1. The van der Waals surface area contributed by atoms with Crippen molar-refractivity contribution in [2.75, 3.05) is 46.3 Å². The van der Waals surface area contributed by atoms with Crippen molar-refractivity contribution >= 4 is 17.8 Å². The van der Waals surface area contributed by atoms with Gasteiger partial charge in [-0.2, -0.15) is 0 Å². The average Bonchev–Trinajstić information content (AvgIpc) is 2.61. The van der Waals surface area contributed by atoms with E-state index >= 15 is 0 Å². The molecule has 7 nitrogen and oxygen atoms in total. The van der Waals surface area contributed by atoms with E-state index < -0.39 is 6.03 Å². The van der Waals surface area contributed by atoms with Crippen LogP contribution < -0.4 is 5.32 Å². The summed E-state index contributed by atoms with van der Waals surface area (Å²) in [5.74, 6) is -0.499. The lowest BCUT2D eigenvalue weighted by Gasteiger charge is -2.33. The molecular formula is C10H16N4O3. The van der Waals surface area contributed by atoms with E-state index in [0.717, 1.165) is 18.0 Å². The summed E-state index contributed by atoms with van der Waals surface area (Å²) in [4.78, 5) is 39.3. The molecule has 2 saturated heterocycles. The van der Waals surface area contributed by atoms with Gasteiger partial charge in [-0.15, -0.1) is 0 Å². The Bertz CT molecular complexity index is 333. The third-order valence-corrected chi connectivity index (χ3v) is 3.09. The molecule has 1 N–H and O–H groups in total. The number of nitrogens with zero attached hydrogens (tertiary/aromatic N) is 3. The quantitative estimate of drug-likeness (QED) is 0.585. The smallest absolute Gasteiger partial charge is 0.325 e. The molecule has 2 aliphatic heterocycles. The summed E-state index contributed by atoms with van der Waals surface area (Å²) in [7, 11) is 2.00. The van der Waals surface area contributed by atoms with Gasteiger partial charge in [0, 0.05) is 26.2 Å². The topological polar surface area (TPSA) is 73.0 Å². The Hall–Kier alpha value is -1.63. The van der Waals surface area contributed by atoms with Crippen LogP contribution in [0.25, 0.3) is 0 Å². The van der Waals surface area contributed by atoms with Crippen LogP contribution in [-0.2, 0) is 9.59 Å². The molecule has 7 heteroatoms. The molecule has 0 bridgehead atoms. The van der Waals surface area contributed by atoms with Gasteiger partial charge in [-0.1, -0.05) is 0 Å². The number of carbonyl (C=O) groups excluding carboxylic acids is 3. The van der Waals surface area contributed by atoms with Gasteiger partial charge in [-0.3, -0.25) is 14.5 Å². The highest BCUT2D eigenvalue weighted by molar-refractivity contribution is 6.04. The number of imide groups is 1. The summed E-state index contributed by atoms with van der Waals surface area (Å²) >= 11 is 0. The van der Waals surface area contributed by atoms with Crippen molar-refractivity contribution in [2.24, 2.45) is 0 Å². The van der Waals surface area contributed by atoms with Crippen LogP contribution in [0.1, 0.15) is 0 Å². The van der Waals surface area contributed by atoms with Crippen molar-refractivity contribution in [3.8, 4) is 0 Å². The minimum Gasteiger partial charge on any atom is -0.339 e. The number of amides is 4. The fourth-order valence-electron chi connectivity index (χ4n) is 1.91. The van der Waals surface area contributed by atoms with Crippen LogP contribution in [-0.4, -0.2) is 78.9 Å². The van der Waals surface area contributed by atoms with Crippen LogP contribution in [0.4, 0.5) is 4.79 Å². The van der Waals surface area contributed by atoms with Gasteiger partial charge in [-0.05, 0) is 7.05 Å². The second-order valence-corrected chi connectivity index (χ2v) is 4.32. The molecule has 0 spiro atoms. The Balaban J connectivity index is 1.88. The maximum atomic E-state index is 11.9. The molecule has 0 aliphatic carbocycles. The molecule has 0 aromatic rings. The summed E-state index contributed by atoms with van der Waals surface area (Å²) in [6.07, 6.45) is 0. The number of likely N-dealkylation sites (N-methyl/N-ethyl adjacent to an activating group) is 1. The number of piperazine rings is 1. The first-order valence-electron chi connectivity index (χ1n) is 5.62. The van der Waals surface area contributed by atoms with Gasteiger partial charge >= 0.3 is 6.03 Å². The predicted octanol–water partition coefficient (Wildman–Crippen LogP) is -1.69. The maximum absolute atomic E-state index is 11.9. The summed E-state index contributed by atoms with van der Waals surface area (Å²) in [5.41, 5.74) is 0. The lowest BCUT2D eigenvalue weighted by Crippen LogP contribution is -2.50. The number of urea groups is 1. The molecule has 2 fully saturated rings. The van der Waals surface area contributed by atoms with E-state index in [-0.39, 0.29) is 24.9 Å². The fourth-order valence-corrected chi connectivity index (χ4v) is 1.91. The molecular weight excluding hydrogens is 224 g/mol. The van der Waals surface area contributed by atoms with Crippen molar-refractivity contribution in [2.45, 2.75) is 0 Å². The Labute approximate surface area is 99.3 Å². The van der Waals surface area contributed by atoms with E-state index in [1.165, 1.54) is 0 Å². The van der Waals surface area contributed by atoms with E-state index in [4.69, 9.17) is 0 Å². The van der Waals surface area contributed by atoms with E-state index in [0.29, 0.717) is 13.1 Å². The molecule has 2 heterocycles. The number of nitrogens with one attached hydrogen (secondary N) is 1. The average molecular weight is 240 g/mol. The third-order valence-electron chi connectivity index (χ3n) is 3.09. The lowest BCUT2D eigenvalue weighted by atomic mass is 10.3. The Kier molecular flexibility index (Phi) is 3.28. The van der Waals surface area contributed by atoms with E-state index in [1.807, 2.05) is 7.05 Å². The molecule has 2 rings (SSSR count). The van der Waals surface area contributed by atoms with Crippen LogP contribution >= 0.6 is 0 Å². The van der Waals surface area contributed by atoms with Crippen LogP contribution in [0.3, 0.4) is 0 Å². The van der Waals surface area contributed by atoms with Gasteiger partial charge < -0.3 is 15.1 Å². The third kappa shape index (κ3) is 2.55. The first kappa shape index (κ1) is 11.8. The van der Waals surface area contributed by atoms with Gasteiger partial charge in [0.2, 0.25) is 5.91 Å². The highest BCUT2D eigenvalue weighted by Gasteiger charge is 2.32. The molecule has 17 heavy (non-hydrogen) atoms. The second-order valence-electron chi connectivity index (χ2n) is 4.32. The Morgan fingerprint density at radius 3 is 2.41 bits per heavy atom. The second kappa shape index (κ2) is 4.70. The monoisotopic (exact) mass is 240 g/mol. The van der Waals surface area contributed by atoms with Crippen LogP contribution in [0.2, 0.25) is 0 Å². The SMILES string of the molecule is CN1CCN(C(=O)CN2C(=O)CNC2=O)CC1. The number of hydrogen-bond acceptors (Lipinski definition) is 4. The zero-order chi connectivity index (χ0) is 12.4. The van der Waals surface area contributed by atoms with E-state index in [9.17, 15) is 14.4 Å². The highest BCUT2D eigenvalue weighted by Crippen LogP contribution is 2.04. The molecule has 0 radical (unpaired) electrons. The highest BCUT2D eigenvalue weighted by atomic mass is 16.2. The normalized spacial score (nSPS) is 21.9. The molecule has 0 unspecified atom stereocenters. The summed E-state index contributed by atoms with van der Waals surface area (Å²) in [6, 6.07) is -0.475. The van der Waals surface area contributed by atoms with E-state index in [2.05, 4.69) is 10.2 Å². The van der Waals surface area contributed by atoms with Crippen molar-refractivity contribution < 1.29 is 14.4 Å². The first-order chi connectivity index (χ1) is 8.08. The van der Waals surface area contributed by atoms with Crippen molar-refractivity contribution in [3.63, 3.8) is 0 Å². The van der Waals surface area contributed by atoms with Crippen LogP contribution in [0.15, 0.2) is 0 Å². The zero-order valence-electron chi connectivity index (χ0n) is 9.81. The van der Waals surface area contributed by atoms with E-state index in [1.54, 1.807) is 4.90 Å². The van der Waals surface area contributed by atoms with Crippen LogP contribution in [0, 0.1) is 0 Å². The minimum atomic E-state index is -0.475. The Morgan fingerprint density at radius 1 is 1.24 bits per heavy atom. The molecule has 0 aromatic heterocycles. The first-order valence-corrected chi connectivity index (χ1v) is 5.62. The van der Waals surface area contributed by atoms with Crippen LogP contribution in [0.5, 0.6) is 0 Å². The summed E-state index contributed by atoms with van der Waals surface area (Å²) in [5, 5.41) is 2.39. The molecule has 94 valence electrons.